The Kier molecular flexibility index (Phi) is 3.53. The molecule has 0 spiro atoms. The minimum atomic E-state index is -1.02. The molecule has 3 rings (SSSR count). The van der Waals surface area contributed by atoms with Gasteiger partial charge in [-0.15, -0.1) is 0 Å². The second kappa shape index (κ2) is 5.49. The fourth-order valence-electron chi connectivity index (χ4n) is 2.14. The summed E-state index contributed by atoms with van der Waals surface area (Å²) in [6.45, 7) is 0.212. The second-order valence-electron chi connectivity index (χ2n) is 4.57. The van der Waals surface area contributed by atoms with Crippen LogP contribution in [0, 0.1) is 0 Å². The zero-order chi connectivity index (χ0) is 14.8. The van der Waals surface area contributed by atoms with Crippen LogP contribution in [0.1, 0.15) is 5.56 Å². The summed E-state index contributed by atoms with van der Waals surface area (Å²) >= 11 is 0. The maximum absolute atomic E-state index is 11.4. The number of fused-ring (bicyclic) bond motifs is 1. The van der Waals surface area contributed by atoms with E-state index in [0.717, 1.165) is 11.6 Å². The average Bonchev–Trinajstić information content (AvgIpc) is 2.95. The van der Waals surface area contributed by atoms with Crippen molar-refractivity contribution < 1.29 is 28.8 Å². The molecule has 0 aliphatic carbocycles. The van der Waals surface area contributed by atoms with Crippen molar-refractivity contribution >= 4 is 12.0 Å². The van der Waals surface area contributed by atoms with Crippen LogP contribution in [0.3, 0.4) is 0 Å². The first-order chi connectivity index (χ1) is 10.2. The molecular weight excluding hydrogens is 276 g/mol. The fraction of sp³-hybridized carbons (Fsp3) is 0.267. The molecule has 0 fully saturated rings. The standard InChI is InChI=1S/C15H14O6/c1-18-13-7-14(16)21-11(15(13)17)5-3-9-2-4-10-12(6-9)20-8-19-10/h2-7,11,15,17H,8H2,1H3/b5-3+/t11-,15-/m0/s1. The molecule has 6 heteroatoms. The summed E-state index contributed by atoms with van der Waals surface area (Å²) < 4.78 is 20.5. The van der Waals surface area contributed by atoms with Crippen molar-refractivity contribution in [3.8, 4) is 11.5 Å². The van der Waals surface area contributed by atoms with Gasteiger partial charge in [0.25, 0.3) is 0 Å². The van der Waals surface area contributed by atoms with E-state index < -0.39 is 18.2 Å². The molecule has 0 saturated heterocycles. The predicted octanol–water partition coefficient (Wildman–Crippen LogP) is 1.25. The Morgan fingerprint density at radius 3 is 2.95 bits per heavy atom. The highest BCUT2D eigenvalue weighted by molar-refractivity contribution is 5.84. The number of carbonyl (C=O) groups is 1. The van der Waals surface area contributed by atoms with Gasteiger partial charge in [0.15, 0.2) is 23.7 Å². The Bertz CT molecular complexity index is 619. The molecule has 2 heterocycles. The van der Waals surface area contributed by atoms with E-state index in [4.69, 9.17) is 18.9 Å². The first-order valence-corrected chi connectivity index (χ1v) is 6.39. The zero-order valence-corrected chi connectivity index (χ0v) is 11.3. The number of hydrogen-bond acceptors (Lipinski definition) is 6. The van der Waals surface area contributed by atoms with Crippen LogP contribution < -0.4 is 9.47 Å². The molecule has 1 aromatic carbocycles. The smallest absolute Gasteiger partial charge is 0.334 e. The van der Waals surface area contributed by atoms with Crippen LogP contribution in [0.5, 0.6) is 11.5 Å². The lowest BCUT2D eigenvalue weighted by Gasteiger charge is -2.25. The third-order valence-electron chi connectivity index (χ3n) is 3.23. The van der Waals surface area contributed by atoms with Crippen LogP contribution >= 0.6 is 0 Å². The molecule has 0 saturated carbocycles. The van der Waals surface area contributed by atoms with E-state index in [-0.39, 0.29) is 12.6 Å². The van der Waals surface area contributed by atoms with Crippen molar-refractivity contribution in [1.29, 1.82) is 0 Å². The maximum Gasteiger partial charge on any atom is 0.334 e. The minimum absolute atomic E-state index is 0.187. The summed E-state index contributed by atoms with van der Waals surface area (Å²) in [5.74, 6) is 1.00. The second-order valence-corrected chi connectivity index (χ2v) is 4.57. The number of carbonyl (C=O) groups excluding carboxylic acids is 1. The van der Waals surface area contributed by atoms with Gasteiger partial charge in [0, 0.05) is 0 Å². The van der Waals surface area contributed by atoms with Gasteiger partial charge in [0.1, 0.15) is 5.76 Å². The van der Waals surface area contributed by atoms with Gasteiger partial charge < -0.3 is 24.1 Å². The normalized spacial score (nSPS) is 23.9. The quantitative estimate of drug-likeness (QED) is 0.844. The Morgan fingerprint density at radius 2 is 2.14 bits per heavy atom. The number of benzene rings is 1. The number of cyclic esters (lactones) is 1. The number of aliphatic hydroxyl groups is 1. The molecule has 0 aromatic heterocycles. The summed E-state index contributed by atoms with van der Waals surface area (Å²) in [6, 6.07) is 5.45. The third kappa shape index (κ3) is 2.71. The maximum atomic E-state index is 11.4. The third-order valence-corrected chi connectivity index (χ3v) is 3.23. The molecule has 0 amide bonds. The number of rotatable bonds is 3. The molecule has 21 heavy (non-hydrogen) atoms. The van der Waals surface area contributed by atoms with Crippen molar-refractivity contribution in [1.82, 2.24) is 0 Å². The number of hydrogen-bond donors (Lipinski definition) is 1. The van der Waals surface area contributed by atoms with Crippen LogP contribution in [0.15, 0.2) is 36.1 Å². The van der Waals surface area contributed by atoms with Crippen LogP contribution in [-0.2, 0) is 14.3 Å². The molecule has 0 radical (unpaired) electrons. The van der Waals surface area contributed by atoms with Gasteiger partial charge >= 0.3 is 5.97 Å². The molecular formula is C15H14O6. The molecule has 6 nitrogen and oxygen atoms in total. The van der Waals surface area contributed by atoms with Gasteiger partial charge in [0.2, 0.25) is 6.79 Å². The van der Waals surface area contributed by atoms with Gasteiger partial charge in [0.05, 0.1) is 13.2 Å². The summed E-state index contributed by atoms with van der Waals surface area (Å²) in [5, 5.41) is 10.0. The van der Waals surface area contributed by atoms with Crippen LogP contribution in [-0.4, -0.2) is 37.2 Å². The number of methoxy groups -OCH3 is 1. The Balaban J connectivity index is 1.77. The molecule has 2 aliphatic heterocycles. The highest BCUT2D eigenvalue weighted by atomic mass is 16.7. The van der Waals surface area contributed by atoms with Gasteiger partial charge in [-0.2, -0.15) is 0 Å². The molecule has 2 atom stereocenters. The summed E-state index contributed by atoms with van der Waals surface area (Å²) in [5.41, 5.74) is 0.844. The molecule has 0 bridgehead atoms. The van der Waals surface area contributed by atoms with Crippen LogP contribution in [0.2, 0.25) is 0 Å². The highest BCUT2D eigenvalue weighted by Gasteiger charge is 2.30. The summed E-state index contributed by atoms with van der Waals surface area (Å²) in [6.07, 6.45) is 2.67. The van der Waals surface area contributed by atoms with Crippen molar-refractivity contribution in [3.05, 3.63) is 41.7 Å². The number of ether oxygens (including phenoxy) is 4. The van der Waals surface area contributed by atoms with Gasteiger partial charge in [-0.05, 0) is 23.8 Å². The fourth-order valence-corrected chi connectivity index (χ4v) is 2.14. The summed E-state index contributed by atoms with van der Waals surface area (Å²) in [4.78, 5) is 11.4. The van der Waals surface area contributed by atoms with E-state index in [2.05, 4.69) is 0 Å². The molecule has 110 valence electrons. The van der Waals surface area contributed by atoms with E-state index in [1.807, 2.05) is 12.1 Å². The highest BCUT2D eigenvalue weighted by Crippen LogP contribution is 2.33. The van der Waals surface area contributed by atoms with Crippen LogP contribution in [0.25, 0.3) is 6.08 Å². The predicted molar refractivity (Wildman–Crippen MR) is 72.6 cm³/mol. The van der Waals surface area contributed by atoms with Gasteiger partial charge in [-0.25, -0.2) is 4.79 Å². The van der Waals surface area contributed by atoms with Gasteiger partial charge in [-0.3, -0.25) is 0 Å². The van der Waals surface area contributed by atoms with Gasteiger partial charge in [-0.1, -0.05) is 12.1 Å². The Morgan fingerprint density at radius 1 is 1.33 bits per heavy atom. The first kappa shape index (κ1) is 13.5. The van der Waals surface area contributed by atoms with Crippen molar-refractivity contribution in [2.45, 2.75) is 12.2 Å². The minimum Gasteiger partial charge on any atom is -0.498 e. The van der Waals surface area contributed by atoms with Crippen molar-refractivity contribution in [3.63, 3.8) is 0 Å². The lowest BCUT2D eigenvalue weighted by atomic mass is 10.1. The Labute approximate surface area is 121 Å². The van der Waals surface area contributed by atoms with Crippen molar-refractivity contribution in [2.75, 3.05) is 13.9 Å². The first-order valence-electron chi connectivity index (χ1n) is 6.39. The molecule has 2 aliphatic rings. The van der Waals surface area contributed by atoms with E-state index >= 15 is 0 Å². The largest absolute Gasteiger partial charge is 0.498 e. The topological polar surface area (TPSA) is 74.2 Å². The summed E-state index contributed by atoms with van der Waals surface area (Å²) in [7, 11) is 1.40. The molecule has 1 aromatic rings. The van der Waals surface area contributed by atoms with E-state index in [1.54, 1.807) is 18.2 Å². The molecule has 1 N–H and O–H groups in total. The zero-order valence-electron chi connectivity index (χ0n) is 11.3. The van der Waals surface area contributed by atoms with Crippen molar-refractivity contribution in [2.24, 2.45) is 0 Å². The average molecular weight is 290 g/mol. The lowest BCUT2D eigenvalue weighted by molar-refractivity contribution is -0.148. The van der Waals surface area contributed by atoms with E-state index in [1.165, 1.54) is 7.11 Å². The monoisotopic (exact) mass is 290 g/mol. The lowest BCUT2D eigenvalue weighted by Crippen LogP contribution is -2.35. The Hall–Kier alpha value is -2.47. The molecule has 0 unspecified atom stereocenters. The van der Waals surface area contributed by atoms with E-state index in [0.29, 0.717) is 11.5 Å². The van der Waals surface area contributed by atoms with Crippen LogP contribution in [0.4, 0.5) is 0 Å². The number of esters is 1. The SMILES string of the molecule is COC1=CC(=O)O[C@@H](/C=C/c2ccc3c(c2)OCO3)[C@@H]1O. The van der Waals surface area contributed by atoms with E-state index in [9.17, 15) is 9.90 Å². The number of aliphatic hydroxyl groups excluding tert-OH is 1.